The highest BCUT2D eigenvalue weighted by Crippen LogP contribution is 2.09. The second-order valence-electron chi connectivity index (χ2n) is 4.03. The Morgan fingerprint density at radius 1 is 1.47 bits per heavy atom. The maximum atomic E-state index is 11.1. The maximum absolute atomic E-state index is 11.1. The molecule has 1 aromatic rings. The minimum Gasteiger partial charge on any atom is -0.464 e. The highest BCUT2D eigenvalue weighted by molar-refractivity contribution is 5.86. The number of methoxy groups -OCH3 is 1. The Kier molecular flexibility index (Phi) is 4.84. The Bertz CT molecular complexity index is 364. The van der Waals surface area contributed by atoms with Crippen LogP contribution in [-0.2, 0) is 4.74 Å². The molecule has 0 aliphatic carbocycles. The predicted octanol–water partition coefficient (Wildman–Crippen LogP) is 0.658. The van der Waals surface area contributed by atoms with Gasteiger partial charge in [0.15, 0.2) is 5.69 Å². The summed E-state index contributed by atoms with van der Waals surface area (Å²) in [6, 6.07) is 3.38. The molecule has 1 heterocycles. The highest BCUT2D eigenvalue weighted by Gasteiger charge is 2.13. The van der Waals surface area contributed by atoms with E-state index in [1.54, 1.807) is 12.1 Å². The molecule has 1 rings (SSSR count). The van der Waals surface area contributed by atoms with E-state index in [2.05, 4.69) is 34.1 Å². The van der Waals surface area contributed by atoms with Crippen LogP contribution in [0.15, 0.2) is 12.1 Å². The second-order valence-corrected chi connectivity index (χ2v) is 4.03. The lowest BCUT2D eigenvalue weighted by molar-refractivity contribution is 0.0593. The molecule has 3 N–H and O–H groups in total. The van der Waals surface area contributed by atoms with E-state index in [0.717, 1.165) is 0 Å². The van der Waals surface area contributed by atoms with Gasteiger partial charge in [-0.1, -0.05) is 13.8 Å². The van der Waals surface area contributed by atoms with Gasteiger partial charge in [-0.05, 0) is 18.1 Å². The highest BCUT2D eigenvalue weighted by atomic mass is 16.5. The number of carbonyl (C=O) groups excluding carboxylic acids is 1. The zero-order chi connectivity index (χ0) is 12.8. The minimum atomic E-state index is -0.497. The summed E-state index contributed by atoms with van der Waals surface area (Å²) >= 11 is 0. The first kappa shape index (κ1) is 13.4. The fourth-order valence-corrected chi connectivity index (χ4v) is 1.31. The van der Waals surface area contributed by atoms with Crippen molar-refractivity contribution in [3.8, 4) is 0 Å². The van der Waals surface area contributed by atoms with E-state index in [1.165, 1.54) is 7.11 Å². The number of carbonyl (C=O) groups is 1. The monoisotopic (exact) mass is 238 g/mol. The van der Waals surface area contributed by atoms with E-state index < -0.39 is 5.97 Å². The largest absolute Gasteiger partial charge is 0.464 e. The summed E-state index contributed by atoms with van der Waals surface area (Å²) in [6.07, 6.45) is 0. The number of nitrogens with one attached hydrogen (secondary N) is 1. The minimum absolute atomic E-state index is 0.133. The van der Waals surface area contributed by atoms with Crippen molar-refractivity contribution in [3.05, 3.63) is 17.8 Å². The van der Waals surface area contributed by atoms with Crippen molar-refractivity contribution < 1.29 is 9.53 Å². The Morgan fingerprint density at radius 3 is 2.59 bits per heavy atom. The zero-order valence-electron chi connectivity index (χ0n) is 10.3. The summed E-state index contributed by atoms with van der Waals surface area (Å²) in [6.45, 7) is 4.65. The summed E-state index contributed by atoms with van der Waals surface area (Å²) in [7, 11) is 1.30. The Morgan fingerprint density at radius 2 is 2.18 bits per heavy atom. The molecule has 0 aromatic carbocycles. The van der Waals surface area contributed by atoms with Crippen LogP contribution in [0.4, 0.5) is 5.82 Å². The van der Waals surface area contributed by atoms with E-state index in [4.69, 9.17) is 5.73 Å². The summed E-state index contributed by atoms with van der Waals surface area (Å²) in [5.74, 6) is 0.493. The van der Waals surface area contributed by atoms with Gasteiger partial charge < -0.3 is 15.8 Å². The van der Waals surface area contributed by atoms with Gasteiger partial charge in [0, 0.05) is 12.6 Å². The molecule has 1 aromatic heterocycles. The van der Waals surface area contributed by atoms with Crippen LogP contribution in [0.1, 0.15) is 24.3 Å². The van der Waals surface area contributed by atoms with Crippen LogP contribution < -0.4 is 11.1 Å². The molecule has 1 unspecified atom stereocenters. The zero-order valence-corrected chi connectivity index (χ0v) is 10.3. The van der Waals surface area contributed by atoms with Crippen LogP contribution >= 0.6 is 0 Å². The third kappa shape index (κ3) is 3.67. The molecule has 0 aliphatic heterocycles. The standard InChI is InChI=1S/C11H18N4O2/c1-7(2)9(6-12)13-10-5-4-8(14-15-10)11(16)17-3/h4-5,7,9H,6,12H2,1-3H3,(H,13,15). The first-order valence-corrected chi connectivity index (χ1v) is 5.47. The Hall–Kier alpha value is -1.69. The van der Waals surface area contributed by atoms with Gasteiger partial charge in [0.1, 0.15) is 5.82 Å². The van der Waals surface area contributed by atoms with Gasteiger partial charge in [0.25, 0.3) is 0 Å². The molecule has 6 heteroatoms. The third-order valence-electron chi connectivity index (χ3n) is 2.45. The Labute approximate surface area is 101 Å². The molecule has 0 saturated heterocycles. The lowest BCUT2D eigenvalue weighted by Crippen LogP contribution is -2.34. The maximum Gasteiger partial charge on any atom is 0.358 e. The lowest BCUT2D eigenvalue weighted by atomic mass is 10.1. The van der Waals surface area contributed by atoms with Crippen molar-refractivity contribution in [1.29, 1.82) is 0 Å². The Balaban J connectivity index is 2.71. The fourth-order valence-electron chi connectivity index (χ4n) is 1.31. The summed E-state index contributed by atoms with van der Waals surface area (Å²) in [5, 5.41) is 10.8. The van der Waals surface area contributed by atoms with Gasteiger partial charge in [-0.3, -0.25) is 0 Å². The summed E-state index contributed by atoms with van der Waals surface area (Å²) < 4.78 is 4.53. The van der Waals surface area contributed by atoms with Crippen LogP contribution in [0.2, 0.25) is 0 Å². The number of ether oxygens (including phenoxy) is 1. The van der Waals surface area contributed by atoms with Crippen molar-refractivity contribution in [3.63, 3.8) is 0 Å². The lowest BCUT2D eigenvalue weighted by Gasteiger charge is -2.20. The van der Waals surface area contributed by atoms with Crippen LogP contribution in [0.5, 0.6) is 0 Å². The van der Waals surface area contributed by atoms with Crippen molar-refractivity contribution in [2.45, 2.75) is 19.9 Å². The first-order valence-electron chi connectivity index (χ1n) is 5.47. The van der Waals surface area contributed by atoms with Gasteiger partial charge in [0.2, 0.25) is 0 Å². The van der Waals surface area contributed by atoms with Crippen molar-refractivity contribution in [2.24, 2.45) is 11.7 Å². The molecular weight excluding hydrogens is 220 g/mol. The van der Waals surface area contributed by atoms with Gasteiger partial charge in [-0.25, -0.2) is 4.79 Å². The van der Waals surface area contributed by atoms with Crippen molar-refractivity contribution >= 4 is 11.8 Å². The number of esters is 1. The van der Waals surface area contributed by atoms with Crippen LogP contribution in [0, 0.1) is 5.92 Å². The predicted molar refractivity (Wildman–Crippen MR) is 64.7 cm³/mol. The number of aromatic nitrogens is 2. The van der Waals surface area contributed by atoms with Crippen molar-refractivity contribution in [2.75, 3.05) is 19.0 Å². The SMILES string of the molecule is COC(=O)c1ccc(NC(CN)C(C)C)nn1. The van der Waals surface area contributed by atoms with E-state index in [-0.39, 0.29) is 11.7 Å². The number of hydrogen-bond donors (Lipinski definition) is 2. The number of anilines is 1. The van der Waals surface area contributed by atoms with E-state index in [0.29, 0.717) is 18.3 Å². The molecule has 0 amide bonds. The second kappa shape index (κ2) is 6.15. The molecule has 94 valence electrons. The van der Waals surface area contributed by atoms with Crippen LogP contribution in [0.3, 0.4) is 0 Å². The average Bonchev–Trinajstić information content (AvgIpc) is 2.35. The molecule has 0 spiro atoms. The number of rotatable bonds is 5. The average molecular weight is 238 g/mol. The van der Waals surface area contributed by atoms with Gasteiger partial charge in [0.05, 0.1) is 7.11 Å². The molecule has 17 heavy (non-hydrogen) atoms. The topological polar surface area (TPSA) is 90.1 Å². The van der Waals surface area contributed by atoms with E-state index >= 15 is 0 Å². The molecule has 6 nitrogen and oxygen atoms in total. The molecule has 0 aliphatic rings. The number of nitrogens with two attached hydrogens (primary N) is 1. The van der Waals surface area contributed by atoms with Crippen LogP contribution in [0.25, 0.3) is 0 Å². The number of nitrogens with zero attached hydrogens (tertiary/aromatic N) is 2. The number of hydrogen-bond acceptors (Lipinski definition) is 6. The summed E-state index contributed by atoms with van der Waals surface area (Å²) in [4.78, 5) is 11.1. The molecule has 0 radical (unpaired) electrons. The van der Waals surface area contributed by atoms with Gasteiger partial charge in [-0.15, -0.1) is 10.2 Å². The molecular formula is C11H18N4O2. The van der Waals surface area contributed by atoms with Gasteiger partial charge >= 0.3 is 5.97 Å². The normalized spacial score (nSPS) is 12.3. The smallest absolute Gasteiger partial charge is 0.358 e. The molecule has 1 atom stereocenters. The van der Waals surface area contributed by atoms with E-state index in [1.807, 2.05) is 0 Å². The molecule has 0 fully saturated rings. The van der Waals surface area contributed by atoms with Crippen LogP contribution in [-0.4, -0.2) is 35.9 Å². The van der Waals surface area contributed by atoms with Gasteiger partial charge in [-0.2, -0.15) is 0 Å². The quantitative estimate of drug-likeness (QED) is 0.732. The first-order chi connectivity index (χ1) is 8.08. The third-order valence-corrected chi connectivity index (χ3v) is 2.45. The fraction of sp³-hybridized carbons (Fsp3) is 0.545. The molecule has 0 saturated carbocycles. The van der Waals surface area contributed by atoms with E-state index in [9.17, 15) is 4.79 Å². The van der Waals surface area contributed by atoms with Crippen molar-refractivity contribution in [1.82, 2.24) is 10.2 Å². The summed E-state index contributed by atoms with van der Waals surface area (Å²) in [5.41, 5.74) is 5.82. The molecule has 0 bridgehead atoms.